The summed E-state index contributed by atoms with van der Waals surface area (Å²) in [4.78, 5) is 31.8. The molecule has 0 fully saturated rings. The third-order valence-electron chi connectivity index (χ3n) is 3.81. The lowest BCUT2D eigenvalue weighted by atomic mass is 10.2. The molecule has 8 heteroatoms. The molecule has 0 atom stereocenters. The molecule has 0 unspecified atom stereocenters. The number of nitrogens with one attached hydrogen (secondary N) is 2. The monoisotopic (exact) mass is 378 g/mol. The zero-order valence-corrected chi connectivity index (χ0v) is 15.3. The number of benzene rings is 2. The molecule has 28 heavy (non-hydrogen) atoms. The van der Waals surface area contributed by atoms with Gasteiger partial charge in [0.2, 0.25) is 5.95 Å². The van der Waals surface area contributed by atoms with Gasteiger partial charge in [-0.15, -0.1) is 0 Å². The summed E-state index contributed by atoms with van der Waals surface area (Å²) < 4.78 is 4.79. The van der Waals surface area contributed by atoms with Crippen LogP contribution in [0.2, 0.25) is 0 Å². The number of carbonyl (C=O) groups excluding carboxylic acids is 1. The second kappa shape index (κ2) is 8.17. The SMILES string of the molecule is COC(=O)c1ccccc1Nc1nc(C)cc(Nc2cccc(C(=O)O)c2)n1. The Bertz CT molecular complexity index is 1040. The van der Waals surface area contributed by atoms with Crippen LogP contribution >= 0.6 is 0 Å². The van der Waals surface area contributed by atoms with Gasteiger partial charge in [0.05, 0.1) is 23.9 Å². The summed E-state index contributed by atoms with van der Waals surface area (Å²) in [6.45, 7) is 1.80. The number of carboxylic acid groups (broad SMARTS) is 1. The van der Waals surface area contributed by atoms with E-state index in [-0.39, 0.29) is 11.5 Å². The summed E-state index contributed by atoms with van der Waals surface area (Å²) in [7, 11) is 1.32. The van der Waals surface area contributed by atoms with Crippen molar-refractivity contribution in [3.05, 3.63) is 71.4 Å². The Labute approximate surface area is 161 Å². The molecule has 0 saturated heterocycles. The first-order chi connectivity index (χ1) is 13.5. The Morgan fingerprint density at radius 1 is 1.00 bits per heavy atom. The van der Waals surface area contributed by atoms with Gasteiger partial charge in [-0.25, -0.2) is 14.6 Å². The summed E-state index contributed by atoms with van der Waals surface area (Å²) in [6.07, 6.45) is 0. The van der Waals surface area contributed by atoms with Crippen molar-refractivity contribution in [3.63, 3.8) is 0 Å². The summed E-state index contributed by atoms with van der Waals surface area (Å²) in [5.74, 6) is -0.717. The highest BCUT2D eigenvalue weighted by atomic mass is 16.5. The number of para-hydroxylation sites is 1. The van der Waals surface area contributed by atoms with E-state index in [0.29, 0.717) is 28.5 Å². The lowest BCUT2D eigenvalue weighted by Gasteiger charge is -2.12. The van der Waals surface area contributed by atoms with E-state index in [1.807, 2.05) is 0 Å². The van der Waals surface area contributed by atoms with Gasteiger partial charge in [-0.2, -0.15) is 4.98 Å². The molecule has 0 saturated carbocycles. The number of nitrogens with zero attached hydrogens (tertiary/aromatic N) is 2. The second-order valence-electron chi connectivity index (χ2n) is 5.89. The van der Waals surface area contributed by atoms with E-state index in [1.165, 1.54) is 19.2 Å². The Kier molecular flexibility index (Phi) is 5.50. The lowest BCUT2D eigenvalue weighted by molar-refractivity contribution is 0.0601. The largest absolute Gasteiger partial charge is 0.478 e. The normalized spacial score (nSPS) is 10.2. The highest BCUT2D eigenvalue weighted by Gasteiger charge is 2.13. The van der Waals surface area contributed by atoms with Gasteiger partial charge in [0.15, 0.2) is 0 Å². The molecule has 142 valence electrons. The molecule has 0 aliphatic rings. The van der Waals surface area contributed by atoms with Crippen molar-refractivity contribution in [2.24, 2.45) is 0 Å². The smallest absolute Gasteiger partial charge is 0.339 e. The lowest BCUT2D eigenvalue weighted by Crippen LogP contribution is -2.08. The number of anilines is 4. The molecule has 1 heterocycles. The van der Waals surface area contributed by atoms with Crippen LogP contribution in [0.1, 0.15) is 26.4 Å². The van der Waals surface area contributed by atoms with E-state index in [1.54, 1.807) is 49.4 Å². The Hall–Kier alpha value is -3.94. The van der Waals surface area contributed by atoms with Crippen molar-refractivity contribution < 1.29 is 19.4 Å². The molecule has 0 radical (unpaired) electrons. The van der Waals surface area contributed by atoms with Crippen LogP contribution in [0, 0.1) is 6.92 Å². The van der Waals surface area contributed by atoms with Gasteiger partial charge in [-0.1, -0.05) is 18.2 Å². The van der Waals surface area contributed by atoms with Crippen molar-refractivity contribution in [1.29, 1.82) is 0 Å². The molecule has 0 aliphatic heterocycles. The van der Waals surface area contributed by atoms with Crippen LogP contribution in [0.25, 0.3) is 0 Å². The van der Waals surface area contributed by atoms with E-state index in [2.05, 4.69) is 20.6 Å². The van der Waals surface area contributed by atoms with Crippen molar-refractivity contribution in [2.75, 3.05) is 17.7 Å². The maximum Gasteiger partial charge on any atom is 0.339 e. The van der Waals surface area contributed by atoms with E-state index in [9.17, 15) is 9.59 Å². The minimum absolute atomic E-state index is 0.168. The first-order valence-corrected chi connectivity index (χ1v) is 8.36. The van der Waals surface area contributed by atoms with Crippen LogP contribution in [0.15, 0.2) is 54.6 Å². The molecular weight excluding hydrogens is 360 g/mol. The fourth-order valence-corrected chi connectivity index (χ4v) is 2.57. The third kappa shape index (κ3) is 4.42. The Balaban J connectivity index is 1.88. The Morgan fingerprint density at radius 2 is 1.79 bits per heavy atom. The molecule has 0 amide bonds. The number of aromatic carboxylic acids is 1. The number of esters is 1. The summed E-state index contributed by atoms with van der Waals surface area (Å²) in [6, 6.07) is 15.0. The summed E-state index contributed by atoms with van der Waals surface area (Å²) in [5, 5.41) is 15.2. The predicted octanol–water partition coefficient (Wildman–Crippen LogP) is 3.76. The molecule has 3 rings (SSSR count). The molecule has 0 bridgehead atoms. The Morgan fingerprint density at radius 3 is 2.54 bits per heavy atom. The van der Waals surface area contributed by atoms with Crippen molar-refractivity contribution in [2.45, 2.75) is 6.92 Å². The molecule has 8 nitrogen and oxygen atoms in total. The zero-order valence-electron chi connectivity index (χ0n) is 15.3. The van der Waals surface area contributed by atoms with Gasteiger partial charge in [0.1, 0.15) is 5.82 Å². The average Bonchev–Trinajstić information content (AvgIpc) is 2.67. The number of carboxylic acids is 1. The zero-order chi connectivity index (χ0) is 20.1. The van der Waals surface area contributed by atoms with Crippen LogP contribution in [-0.2, 0) is 4.74 Å². The highest BCUT2D eigenvalue weighted by Crippen LogP contribution is 2.22. The molecule has 2 aromatic carbocycles. The number of aryl methyl sites for hydroxylation is 1. The minimum atomic E-state index is -1.01. The molecule has 0 spiro atoms. The van der Waals surface area contributed by atoms with Crippen LogP contribution in [0.5, 0.6) is 0 Å². The molecule has 0 aliphatic carbocycles. The average molecular weight is 378 g/mol. The van der Waals surface area contributed by atoms with Gasteiger partial charge < -0.3 is 20.5 Å². The number of hydrogen-bond acceptors (Lipinski definition) is 7. The maximum absolute atomic E-state index is 11.9. The number of rotatable bonds is 6. The van der Waals surface area contributed by atoms with Crippen molar-refractivity contribution in [1.82, 2.24) is 9.97 Å². The first-order valence-electron chi connectivity index (χ1n) is 8.36. The van der Waals surface area contributed by atoms with E-state index >= 15 is 0 Å². The standard InChI is InChI=1S/C20H18N4O4/c1-12-10-17(22-14-7-5-6-13(11-14)18(25)26)24-20(21-12)23-16-9-4-3-8-15(16)19(27)28-2/h3-11H,1-2H3,(H,25,26)(H2,21,22,23,24). The van der Waals surface area contributed by atoms with Gasteiger partial charge in [0, 0.05) is 17.4 Å². The summed E-state index contributed by atoms with van der Waals surface area (Å²) in [5.41, 5.74) is 2.31. The third-order valence-corrected chi connectivity index (χ3v) is 3.81. The van der Waals surface area contributed by atoms with Crippen LogP contribution in [-0.4, -0.2) is 34.1 Å². The maximum atomic E-state index is 11.9. The van der Waals surface area contributed by atoms with Gasteiger partial charge in [-0.05, 0) is 37.3 Å². The van der Waals surface area contributed by atoms with Crippen LogP contribution in [0.3, 0.4) is 0 Å². The van der Waals surface area contributed by atoms with E-state index in [0.717, 1.165) is 0 Å². The molecule has 3 aromatic rings. The van der Waals surface area contributed by atoms with Crippen molar-refractivity contribution in [3.8, 4) is 0 Å². The molecular formula is C20H18N4O4. The topological polar surface area (TPSA) is 113 Å². The van der Waals surface area contributed by atoms with Gasteiger partial charge in [-0.3, -0.25) is 0 Å². The fourth-order valence-electron chi connectivity index (χ4n) is 2.57. The predicted molar refractivity (Wildman–Crippen MR) is 105 cm³/mol. The number of hydrogen-bond donors (Lipinski definition) is 3. The van der Waals surface area contributed by atoms with Gasteiger partial charge in [0.25, 0.3) is 0 Å². The second-order valence-corrected chi connectivity index (χ2v) is 5.89. The quantitative estimate of drug-likeness (QED) is 0.556. The van der Waals surface area contributed by atoms with E-state index in [4.69, 9.17) is 9.84 Å². The first kappa shape index (κ1) is 18.8. The van der Waals surface area contributed by atoms with Crippen molar-refractivity contribution >= 4 is 35.1 Å². The van der Waals surface area contributed by atoms with Gasteiger partial charge >= 0.3 is 11.9 Å². The molecule has 1 aromatic heterocycles. The number of carbonyl (C=O) groups is 2. The number of aromatic nitrogens is 2. The van der Waals surface area contributed by atoms with E-state index < -0.39 is 11.9 Å². The highest BCUT2D eigenvalue weighted by molar-refractivity contribution is 5.96. The van der Waals surface area contributed by atoms with Crippen LogP contribution < -0.4 is 10.6 Å². The number of ether oxygens (including phenoxy) is 1. The minimum Gasteiger partial charge on any atom is -0.478 e. The fraction of sp³-hybridized carbons (Fsp3) is 0.100. The number of methoxy groups -OCH3 is 1. The van der Waals surface area contributed by atoms with Crippen LogP contribution in [0.4, 0.5) is 23.1 Å². The molecule has 3 N–H and O–H groups in total. The summed E-state index contributed by atoms with van der Waals surface area (Å²) >= 11 is 0.